The van der Waals surface area contributed by atoms with Gasteiger partial charge in [-0.05, 0) is 59.2 Å². The molecule has 0 aliphatic rings. The van der Waals surface area contributed by atoms with Gasteiger partial charge in [0, 0.05) is 27.7 Å². The molecule has 0 saturated carbocycles. The molecule has 0 amide bonds. The Morgan fingerprint density at radius 1 is 0.719 bits per heavy atom. The molecule has 0 aliphatic carbocycles. The van der Waals surface area contributed by atoms with Crippen molar-refractivity contribution >= 4 is 59.8 Å². The number of hydrogen-bond donors (Lipinski definition) is 0. The van der Waals surface area contributed by atoms with Gasteiger partial charge in [0.25, 0.3) is 0 Å². The second kappa shape index (κ2) is 5.98. The smallest absolute Gasteiger partial charge is 0.0823 e. The van der Waals surface area contributed by atoms with Crippen LogP contribution in [0.2, 0.25) is 0 Å². The van der Waals surface area contributed by atoms with Gasteiger partial charge < -0.3 is 4.40 Å². The Balaban J connectivity index is 1.93. The fourth-order valence-corrected chi connectivity index (χ4v) is 5.90. The zero-order valence-corrected chi connectivity index (χ0v) is 18.8. The summed E-state index contributed by atoms with van der Waals surface area (Å²) in [6, 6.07) is 22.7. The van der Waals surface area contributed by atoms with Crippen molar-refractivity contribution in [2.75, 3.05) is 0 Å². The minimum absolute atomic E-state index is 0.442. The van der Waals surface area contributed by atoms with Gasteiger partial charge in [0.05, 0.1) is 22.1 Å². The van der Waals surface area contributed by atoms with Crippen molar-refractivity contribution in [3.8, 4) is 0 Å². The number of hydrogen-bond acceptors (Lipinski definition) is 1. The van der Waals surface area contributed by atoms with Crippen molar-refractivity contribution in [1.29, 1.82) is 0 Å². The molecule has 0 bridgehead atoms. The lowest BCUT2D eigenvalue weighted by molar-refractivity contribution is 0.872. The average molecular weight is 413 g/mol. The molecule has 32 heavy (non-hydrogen) atoms. The number of benzene rings is 4. The second-order valence-corrected chi connectivity index (χ2v) is 9.58. The first-order valence-electron chi connectivity index (χ1n) is 11.4. The van der Waals surface area contributed by atoms with Gasteiger partial charge in [-0.1, -0.05) is 67.9 Å². The SMILES string of the molecule is Cc1ccc2c(C)c3c(cc2c1)c1nccc2ccc4c5cccc(C(C)C)c5n3c4c21. The number of rotatable bonds is 1. The topological polar surface area (TPSA) is 17.3 Å². The van der Waals surface area contributed by atoms with Crippen LogP contribution in [0.1, 0.15) is 36.5 Å². The lowest BCUT2D eigenvalue weighted by Crippen LogP contribution is -1.99. The standard InChI is InChI=1S/C30H24N2/c1-16(2)21-6-5-7-23-24-11-9-19-12-13-31-27-25-15-20-14-17(3)8-10-22(20)18(4)28(25)32(29(21)23)30(24)26(19)27/h5-16H,1-4H3. The third-order valence-electron chi connectivity index (χ3n) is 7.33. The summed E-state index contributed by atoms with van der Waals surface area (Å²) in [6.45, 7) is 9.04. The van der Waals surface area contributed by atoms with Crippen molar-refractivity contribution in [3.05, 3.63) is 83.6 Å². The molecule has 7 rings (SSSR count). The molecule has 0 fully saturated rings. The first kappa shape index (κ1) is 18.0. The van der Waals surface area contributed by atoms with Crippen LogP contribution in [0, 0.1) is 13.8 Å². The average Bonchev–Trinajstić information content (AvgIpc) is 3.13. The molecular weight excluding hydrogens is 388 g/mol. The molecule has 154 valence electrons. The van der Waals surface area contributed by atoms with E-state index in [4.69, 9.17) is 4.98 Å². The minimum Gasteiger partial charge on any atom is -0.307 e. The van der Waals surface area contributed by atoms with Crippen LogP contribution in [0.4, 0.5) is 0 Å². The van der Waals surface area contributed by atoms with E-state index in [0.717, 1.165) is 5.52 Å². The molecule has 0 radical (unpaired) electrons. The van der Waals surface area contributed by atoms with E-state index in [0.29, 0.717) is 5.92 Å². The predicted octanol–water partition coefficient (Wildman–Crippen LogP) is 8.28. The Kier molecular flexibility index (Phi) is 3.36. The molecule has 0 unspecified atom stereocenters. The van der Waals surface area contributed by atoms with Crippen LogP contribution < -0.4 is 0 Å². The van der Waals surface area contributed by atoms with Gasteiger partial charge in [0.1, 0.15) is 0 Å². The highest BCUT2D eigenvalue weighted by Crippen LogP contribution is 2.44. The van der Waals surface area contributed by atoms with E-state index in [-0.39, 0.29) is 0 Å². The normalized spacial score (nSPS) is 12.7. The number of para-hydroxylation sites is 1. The second-order valence-electron chi connectivity index (χ2n) is 9.58. The van der Waals surface area contributed by atoms with Crippen molar-refractivity contribution in [2.24, 2.45) is 0 Å². The van der Waals surface area contributed by atoms with E-state index in [1.165, 1.54) is 70.9 Å². The number of nitrogens with zero attached hydrogens (tertiary/aromatic N) is 2. The van der Waals surface area contributed by atoms with E-state index in [2.05, 4.69) is 92.8 Å². The summed E-state index contributed by atoms with van der Waals surface area (Å²) < 4.78 is 2.56. The summed E-state index contributed by atoms with van der Waals surface area (Å²) in [5, 5.41) is 9.02. The van der Waals surface area contributed by atoms with Gasteiger partial charge >= 0.3 is 0 Å². The summed E-state index contributed by atoms with van der Waals surface area (Å²) in [5.41, 5.74) is 9.04. The number of pyridine rings is 2. The van der Waals surface area contributed by atoms with E-state index in [1.807, 2.05) is 6.20 Å². The van der Waals surface area contributed by atoms with E-state index in [9.17, 15) is 0 Å². The Labute approximate surface area is 186 Å². The zero-order chi connectivity index (χ0) is 21.7. The van der Waals surface area contributed by atoms with Gasteiger partial charge in [-0.3, -0.25) is 4.98 Å². The predicted molar refractivity (Wildman–Crippen MR) is 137 cm³/mol. The molecule has 0 spiro atoms. The summed E-state index contributed by atoms with van der Waals surface area (Å²) in [7, 11) is 0. The van der Waals surface area contributed by atoms with E-state index >= 15 is 0 Å². The molecule has 3 aromatic heterocycles. The maximum atomic E-state index is 4.95. The Hall–Kier alpha value is -3.65. The fraction of sp³-hybridized carbons (Fsp3) is 0.167. The summed E-state index contributed by atoms with van der Waals surface area (Å²) in [6.07, 6.45) is 1.96. The van der Waals surface area contributed by atoms with Gasteiger partial charge in [-0.15, -0.1) is 0 Å². The van der Waals surface area contributed by atoms with Crippen LogP contribution in [0.3, 0.4) is 0 Å². The molecule has 2 heteroatoms. The molecule has 7 aromatic rings. The molecule has 3 heterocycles. The minimum atomic E-state index is 0.442. The first-order valence-corrected chi connectivity index (χ1v) is 11.4. The molecular formula is C30H24N2. The molecule has 4 aromatic carbocycles. The van der Waals surface area contributed by atoms with Crippen LogP contribution in [0.5, 0.6) is 0 Å². The third-order valence-corrected chi connectivity index (χ3v) is 7.33. The molecule has 0 saturated heterocycles. The number of fused-ring (bicyclic) bond motifs is 7. The molecule has 0 atom stereocenters. The maximum Gasteiger partial charge on any atom is 0.0823 e. The quantitative estimate of drug-likeness (QED) is 0.196. The molecule has 2 nitrogen and oxygen atoms in total. The number of aryl methyl sites for hydroxylation is 2. The number of aromatic nitrogens is 2. The van der Waals surface area contributed by atoms with Crippen LogP contribution in [-0.4, -0.2) is 9.38 Å². The van der Waals surface area contributed by atoms with Crippen molar-refractivity contribution < 1.29 is 0 Å². The van der Waals surface area contributed by atoms with Gasteiger partial charge in [-0.25, -0.2) is 0 Å². The van der Waals surface area contributed by atoms with Crippen molar-refractivity contribution in [3.63, 3.8) is 0 Å². The van der Waals surface area contributed by atoms with Gasteiger partial charge in [0.15, 0.2) is 0 Å². The fourth-order valence-electron chi connectivity index (χ4n) is 5.90. The van der Waals surface area contributed by atoms with E-state index in [1.54, 1.807) is 0 Å². The van der Waals surface area contributed by atoms with Gasteiger partial charge in [0.2, 0.25) is 0 Å². The highest BCUT2D eigenvalue weighted by atomic mass is 14.9. The van der Waals surface area contributed by atoms with E-state index < -0.39 is 0 Å². The van der Waals surface area contributed by atoms with Crippen molar-refractivity contribution in [2.45, 2.75) is 33.6 Å². The Morgan fingerprint density at radius 2 is 1.53 bits per heavy atom. The van der Waals surface area contributed by atoms with Crippen LogP contribution in [0.25, 0.3) is 59.8 Å². The highest BCUT2D eigenvalue weighted by Gasteiger charge is 2.22. The lowest BCUT2D eigenvalue weighted by Gasteiger charge is -2.17. The highest BCUT2D eigenvalue weighted by molar-refractivity contribution is 6.29. The zero-order valence-electron chi connectivity index (χ0n) is 18.8. The van der Waals surface area contributed by atoms with Crippen LogP contribution >= 0.6 is 0 Å². The third kappa shape index (κ3) is 2.07. The largest absolute Gasteiger partial charge is 0.307 e. The lowest BCUT2D eigenvalue weighted by atomic mass is 9.96. The summed E-state index contributed by atoms with van der Waals surface area (Å²) in [5.74, 6) is 0.442. The maximum absolute atomic E-state index is 4.95. The molecule has 0 aliphatic heterocycles. The monoisotopic (exact) mass is 412 g/mol. The van der Waals surface area contributed by atoms with Crippen LogP contribution in [-0.2, 0) is 0 Å². The van der Waals surface area contributed by atoms with Crippen molar-refractivity contribution in [1.82, 2.24) is 9.38 Å². The Bertz CT molecular complexity index is 1870. The first-order chi connectivity index (χ1) is 15.5. The summed E-state index contributed by atoms with van der Waals surface area (Å²) >= 11 is 0. The van der Waals surface area contributed by atoms with Crippen LogP contribution in [0.15, 0.2) is 66.9 Å². The summed E-state index contributed by atoms with van der Waals surface area (Å²) in [4.78, 5) is 4.95. The molecule has 0 N–H and O–H groups in total. The Morgan fingerprint density at radius 3 is 2.38 bits per heavy atom. The van der Waals surface area contributed by atoms with Gasteiger partial charge in [-0.2, -0.15) is 0 Å².